The summed E-state index contributed by atoms with van der Waals surface area (Å²) in [6.07, 6.45) is 7.64. The normalized spacial score (nSPS) is 26.7. The van der Waals surface area contributed by atoms with Crippen molar-refractivity contribution in [3.05, 3.63) is 23.4 Å². The van der Waals surface area contributed by atoms with Crippen molar-refractivity contribution in [1.82, 2.24) is 5.06 Å². The second kappa shape index (κ2) is 4.19. The third-order valence-corrected chi connectivity index (χ3v) is 2.97. The summed E-state index contributed by atoms with van der Waals surface area (Å²) in [7, 11) is 1.91. The van der Waals surface area contributed by atoms with Crippen LogP contribution in [-0.4, -0.2) is 24.0 Å². The van der Waals surface area contributed by atoms with Crippen LogP contribution in [0.4, 0.5) is 0 Å². The molecule has 0 saturated carbocycles. The molecular weight excluding hydrogens is 190 g/mol. The third-order valence-electron chi connectivity index (χ3n) is 2.97. The van der Waals surface area contributed by atoms with Crippen molar-refractivity contribution in [2.75, 3.05) is 7.05 Å². The van der Waals surface area contributed by atoms with E-state index in [1.165, 1.54) is 5.57 Å². The highest BCUT2D eigenvalue weighted by Gasteiger charge is 2.21. The molecule has 0 N–H and O–H groups in total. The fourth-order valence-corrected chi connectivity index (χ4v) is 2.07. The van der Waals surface area contributed by atoms with Crippen LogP contribution in [0.1, 0.15) is 32.6 Å². The van der Waals surface area contributed by atoms with Gasteiger partial charge in [-0.15, -0.1) is 0 Å². The topological polar surface area (TPSA) is 29.5 Å². The van der Waals surface area contributed by atoms with Crippen LogP contribution in [0.25, 0.3) is 0 Å². The quantitative estimate of drug-likeness (QED) is 0.695. The van der Waals surface area contributed by atoms with E-state index in [1.54, 1.807) is 11.1 Å². The van der Waals surface area contributed by atoms with E-state index in [2.05, 4.69) is 6.08 Å². The molecule has 82 valence electrons. The Kier molecular flexibility index (Phi) is 2.91. The predicted octanol–water partition coefficient (Wildman–Crippen LogP) is 2.21. The number of rotatable bonds is 2. The Hall–Kier alpha value is -1.09. The fraction of sp³-hybridized carbons (Fsp3) is 0.583. The van der Waals surface area contributed by atoms with Gasteiger partial charge < -0.3 is 0 Å². The lowest BCUT2D eigenvalue weighted by atomic mass is 9.94. The molecule has 0 radical (unpaired) electrons. The molecule has 0 aromatic rings. The number of ketones is 1. The molecule has 0 aromatic heterocycles. The summed E-state index contributed by atoms with van der Waals surface area (Å²) in [5.41, 5.74) is 2.37. The maximum absolute atomic E-state index is 11.2. The zero-order valence-corrected chi connectivity index (χ0v) is 9.32. The van der Waals surface area contributed by atoms with Crippen molar-refractivity contribution >= 4 is 5.78 Å². The lowest BCUT2D eigenvalue weighted by Gasteiger charge is -2.17. The number of hydrogen-bond donors (Lipinski definition) is 0. The van der Waals surface area contributed by atoms with Gasteiger partial charge >= 0.3 is 0 Å². The molecule has 0 amide bonds. The van der Waals surface area contributed by atoms with E-state index < -0.39 is 0 Å². The largest absolute Gasteiger partial charge is 0.295 e. The molecule has 2 aliphatic rings. The minimum absolute atomic E-state index is 0.118. The molecule has 2 rings (SSSR count). The fourth-order valence-electron chi connectivity index (χ4n) is 2.07. The van der Waals surface area contributed by atoms with Gasteiger partial charge in [-0.3, -0.25) is 14.7 Å². The van der Waals surface area contributed by atoms with Crippen molar-refractivity contribution in [1.29, 1.82) is 0 Å². The van der Waals surface area contributed by atoms with Crippen LogP contribution in [-0.2, 0) is 9.63 Å². The van der Waals surface area contributed by atoms with Gasteiger partial charge in [-0.05, 0) is 31.9 Å². The first-order valence-corrected chi connectivity index (χ1v) is 5.46. The van der Waals surface area contributed by atoms with Gasteiger partial charge in [0.2, 0.25) is 0 Å². The molecule has 0 spiro atoms. The molecule has 0 bridgehead atoms. The molecule has 1 unspecified atom stereocenters. The molecule has 3 heteroatoms. The van der Waals surface area contributed by atoms with E-state index in [-0.39, 0.29) is 11.9 Å². The number of carbonyl (C=O) groups is 1. The second-order valence-electron chi connectivity index (χ2n) is 4.28. The summed E-state index contributed by atoms with van der Waals surface area (Å²) >= 11 is 0. The van der Waals surface area contributed by atoms with Gasteiger partial charge in [0, 0.05) is 25.6 Å². The van der Waals surface area contributed by atoms with E-state index in [4.69, 9.17) is 4.84 Å². The first-order valence-electron chi connectivity index (χ1n) is 5.46. The number of allylic oxidation sites excluding steroid dienone is 2. The van der Waals surface area contributed by atoms with Crippen LogP contribution in [0.5, 0.6) is 0 Å². The van der Waals surface area contributed by atoms with Gasteiger partial charge in [0.15, 0.2) is 5.78 Å². The Labute approximate surface area is 90.4 Å². The van der Waals surface area contributed by atoms with Crippen molar-refractivity contribution in [3.63, 3.8) is 0 Å². The Morgan fingerprint density at radius 3 is 2.93 bits per heavy atom. The van der Waals surface area contributed by atoms with Crippen molar-refractivity contribution in [2.24, 2.45) is 0 Å². The highest BCUT2D eigenvalue weighted by molar-refractivity contribution is 5.91. The van der Waals surface area contributed by atoms with E-state index >= 15 is 0 Å². The van der Waals surface area contributed by atoms with E-state index in [9.17, 15) is 4.79 Å². The summed E-state index contributed by atoms with van der Waals surface area (Å²) in [6, 6.07) is 0. The maximum atomic E-state index is 11.2. The number of nitrogens with zero attached hydrogens (tertiary/aromatic N) is 1. The summed E-state index contributed by atoms with van der Waals surface area (Å²) in [5, 5.41) is 1.79. The van der Waals surface area contributed by atoms with Gasteiger partial charge in [0.1, 0.15) is 6.10 Å². The van der Waals surface area contributed by atoms with Crippen LogP contribution >= 0.6 is 0 Å². The zero-order valence-electron chi connectivity index (χ0n) is 9.32. The molecule has 1 heterocycles. The lowest BCUT2D eigenvalue weighted by molar-refractivity contribution is -0.118. The minimum Gasteiger partial charge on any atom is -0.295 e. The molecule has 0 fully saturated rings. The Bertz CT molecular complexity index is 331. The molecule has 3 nitrogen and oxygen atoms in total. The van der Waals surface area contributed by atoms with Gasteiger partial charge in [-0.2, -0.15) is 0 Å². The SMILES string of the molecule is CC1=CC(CC2=CC(=O)CCC2)ON1C. The average molecular weight is 207 g/mol. The van der Waals surface area contributed by atoms with Crippen molar-refractivity contribution in [2.45, 2.75) is 38.7 Å². The summed E-state index contributed by atoms with van der Waals surface area (Å²) < 4.78 is 0. The smallest absolute Gasteiger partial charge is 0.155 e. The zero-order chi connectivity index (χ0) is 10.8. The average Bonchev–Trinajstić information content (AvgIpc) is 2.45. The van der Waals surface area contributed by atoms with Crippen LogP contribution in [0, 0.1) is 0 Å². The van der Waals surface area contributed by atoms with E-state index in [0.717, 1.165) is 25.0 Å². The van der Waals surface area contributed by atoms with Crippen LogP contribution < -0.4 is 0 Å². The number of hydroxylamine groups is 2. The van der Waals surface area contributed by atoms with Crippen molar-refractivity contribution < 1.29 is 9.63 Å². The molecule has 1 aliphatic carbocycles. The molecule has 0 saturated heterocycles. The van der Waals surface area contributed by atoms with Gasteiger partial charge in [0.05, 0.1) is 0 Å². The van der Waals surface area contributed by atoms with Crippen LogP contribution in [0.2, 0.25) is 0 Å². The number of carbonyl (C=O) groups excluding carboxylic acids is 1. The van der Waals surface area contributed by atoms with Crippen molar-refractivity contribution in [3.8, 4) is 0 Å². The Morgan fingerprint density at radius 2 is 2.33 bits per heavy atom. The second-order valence-corrected chi connectivity index (χ2v) is 4.28. The third kappa shape index (κ3) is 2.48. The standard InChI is InChI=1S/C12H17NO2/c1-9-6-12(15-13(9)2)8-10-4-3-5-11(14)7-10/h6-7,12H,3-5,8H2,1-2H3. The molecular formula is C12H17NO2. The first kappa shape index (κ1) is 10.4. The van der Waals surface area contributed by atoms with Crippen LogP contribution in [0.3, 0.4) is 0 Å². The summed E-state index contributed by atoms with van der Waals surface area (Å²) in [4.78, 5) is 16.8. The molecule has 1 atom stereocenters. The highest BCUT2D eigenvalue weighted by Crippen LogP contribution is 2.25. The summed E-state index contributed by atoms with van der Waals surface area (Å²) in [5.74, 6) is 0.267. The van der Waals surface area contributed by atoms with E-state index in [1.807, 2.05) is 14.0 Å². The van der Waals surface area contributed by atoms with Gasteiger partial charge in [-0.25, -0.2) is 0 Å². The molecule has 0 aromatic carbocycles. The maximum Gasteiger partial charge on any atom is 0.155 e. The number of hydrogen-bond acceptors (Lipinski definition) is 3. The first-order chi connectivity index (χ1) is 7.15. The van der Waals surface area contributed by atoms with Crippen LogP contribution in [0.15, 0.2) is 23.4 Å². The van der Waals surface area contributed by atoms with E-state index in [0.29, 0.717) is 6.42 Å². The monoisotopic (exact) mass is 207 g/mol. The minimum atomic E-state index is 0.118. The Balaban J connectivity index is 1.96. The predicted molar refractivity (Wildman–Crippen MR) is 58.0 cm³/mol. The highest BCUT2D eigenvalue weighted by atomic mass is 16.7. The molecule has 15 heavy (non-hydrogen) atoms. The van der Waals surface area contributed by atoms with Gasteiger partial charge in [0.25, 0.3) is 0 Å². The summed E-state index contributed by atoms with van der Waals surface area (Å²) in [6.45, 7) is 2.03. The lowest BCUT2D eigenvalue weighted by Crippen LogP contribution is -2.16. The Morgan fingerprint density at radius 1 is 1.53 bits per heavy atom. The van der Waals surface area contributed by atoms with Gasteiger partial charge in [-0.1, -0.05) is 5.57 Å². The molecule has 1 aliphatic heterocycles.